The van der Waals surface area contributed by atoms with Gasteiger partial charge in [-0.1, -0.05) is 55.8 Å². The van der Waals surface area contributed by atoms with Crippen molar-refractivity contribution >= 4 is 21.6 Å². The van der Waals surface area contributed by atoms with Crippen molar-refractivity contribution in [2.45, 2.75) is 53.4 Å². The number of benzene rings is 2. The quantitative estimate of drug-likeness (QED) is 0.605. The monoisotopic (exact) mass is 430 g/mol. The lowest BCUT2D eigenvalue weighted by Crippen LogP contribution is -2.41. The number of nitrogens with zero attached hydrogens (tertiary/aromatic N) is 1. The Balaban J connectivity index is 1.96. The molecule has 2 rings (SSSR count). The standard InChI is InChI=1S/C24H34N2O3S/c1-17(2)22-11-9-21(10-12-22)8-7-13-25-23(27)16-26(30(6,28)29)24-19(4)14-18(3)15-20(24)5/h9-12,14-15,17H,7-8,13,16H2,1-6H3,(H,25,27). The van der Waals surface area contributed by atoms with E-state index in [0.29, 0.717) is 18.2 Å². The van der Waals surface area contributed by atoms with E-state index in [0.717, 1.165) is 35.8 Å². The molecule has 0 atom stereocenters. The molecule has 6 heteroatoms. The fraction of sp³-hybridized carbons (Fsp3) is 0.458. The van der Waals surface area contributed by atoms with Crippen molar-refractivity contribution in [1.82, 2.24) is 5.32 Å². The Morgan fingerprint density at radius 1 is 1.03 bits per heavy atom. The first-order valence-corrected chi connectivity index (χ1v) is 12.2. The highest BCUT2D eigenvalue weighted by molar-refractivity contribution is 7.92. The zero-order chi connectivity index (χ0) is 22.5. The minimum Gasteiger partial charge on any atom is -0.355 e. The molecule has 0 saturated heterocycles. The summed E-state index contributed by atoms with van der Waals surface area (Å²) in [6.07, 6.45) is 2.80. The van der Waals surface area contributed by atoms with Crippen molar-refractivity contribution < 1.29 is 13.2 Å². The topological polar surface area (TPSA) is 66.5 Å². The number of hydrogen-bond donors (Lipinski definition) is 1. The van der Waals surface area contributed by atoms with Crippen molar-refractivity contribution in [3.05, 3.63) is 64.2 Å². The van der Waals surface area contributed by atoms with E-state index in [1.165, 1.54) is 15.4 Å². The third kappa shape index (κ3) is 6.59. The normalized spacial score (nSPS) is 11.6. The predicted molar refractivity (Wildman–Crippen MR) is 125 cm³/mol. The Bertz CT molecular complexity index is 957. The largest absolute Gasteiger partial charge is 0.355 e. The van der Waals surface area contributed by atoms with Crippen LogP contribution < -0.4 is 9.62 Å². The number of anilines is 1. The molecule has 0 spiro atoms. The molecule has 5 nitrogen and oxygen atoms in total. The van der Waals surface area contributed by atoms with Crippen LogP contribution in [0.15, 0.2) is 36.4 Å². The number of hydrogen-bond acceptors (Lipinski definition) is 3. The van der Waals surface area contributed by atoms with Crippen LogP contribution in [0.3, 0.4) is 0 Å². The second kappa shape index (κ2) is 10.1. The molecule has 0 heterocycles. The fourth-order valence-electron chi connectivity index (χ4n) is 3.70. The number of carbonyl (C=O) groups is 1. The Morgan fingerprint density at radius 2 is 1.60 bits per heavy atom. The van der Waals surface area contributed by atoms with Crippen LogP contribution in [0.2, 0.25) is 0 Å². The van der Waals surface area contributed by atoms with Gasteiger partial charge in [0.15, 0.2) is 0 Å². The Kier molecular flexibility index (Phi) is 8.07. The van der Waals surface area contributed by atoms with E-state index >= 15 is 0 Å². The van der Waals surface area contributed by atoms with Gasteiger partial charge in [0.2, 0.25) is 15.9 Å². The molecule has 30 heavy (non-hydrogen) atoms. The van der Waals surface area contributed by atoms with Gasteiger partial charge in [0.25, 0.3) is 0 Å². The van der Waals surface area contributed by atoms with Gasteiger partial charge in [-0.25, -0.2) is 8.42 Å². The first-order valence-electron chi connectivity index (χ1n) is 10.4. The lowest BCUT2D eigenvalue weighted by atomic mass is 10.0. The van der Waals surface area contributed by atoms with Crippen molar-refractivity contribution in [3.63, 3.8) is 0 Å². The van der Waals surface area contributed by atoms with Crippen LogP contribution in [0, 0.1) is 20.8 Å². The lowest BCUT2D eigenvalue weighted by molar-refractivity contribution is -0.119. The van der Waals surface area contributed by atoms with Gasteiger partial charge in [-0.05, 0) is 61.8 Å². The van der Waals surface area contributed by atoms with E-state index in [1.807, 2.05) is 32.9 Å². The highest BCUT2D eigenvalue weighted by atomic mass is 32.2. The molecule has 0 aliphatic rings. The van der Waals surface area contributed by atoms with Gasteiger partial charge in [-0.15, -0.1) is 0 Å². The van der Waals surface area contributed by atoms with E-state index < -0.39 is 10.0 Å². The molecule has 0 saturated carbocycles. The summed E-state index contributed by atoms with van der Waals surface area (Å²) in [4.78, 5) is 12.5. The first-order chi connectivity index (χ1) is 14.0. The van der Waals surface area contributed by atoms with Crippen LogP contribution in [0.4, 0.5) is 5.69 Å². The number of nitrogens with one attached hydrogen (secondary N) is 1. The van der Waals surface area contributed by atoms with E-state index in [1.54, 1.807) is 0 Å². The van der Waals surface area contributed by atoms with Gasteiger partial charge in [0, 0.05) is 6.54 Å². The SMILES string of the molecule is Cc1cc(C)c(N(CC(=O)NCCCc2ccc(C(C)C)cc2)S(C)(=O)=O)c(C)c1. The van der Waals surface area contributed by atoms with Gasteiger partial charge < -0.3 is 5.32 Å². The summed E-state index contributed by atoms with van der Waals surface area (Å²) in [6.45, 7) is 10.3. The van der Waals surface area contributed by atoms with Crippen molar-refractivity contribution in [2.24, 2.45) is 0 Å². The van der Waals surface area contributed by atoms with Crippen LogP contribution >= 0.6 is 0 Å². The van der Waals surface area contributed by atoms with E-state index in [4.69, 9.17) is 0 Å². The van der Waals surface area contributed by atoms with Gasteiger partial charge >= 0.3 is 0 Å². The highest BCUT2D eigenvalue weighted by Crippen LogP contribution is 2.28. The van der Waals surface area contributed by atoms with E-state index in [-0.39, 0.29) is 12.5 Å². The molecule has 0 aliphatic carbocycles. The first kappa shape index (κ1) is 23.9. The summed E-state index contributed by atoms with van der Waals surface area (Å²) in [6, 6.07) is 12.4. The summed E-state index contributed by atoms with van der Waals surface area (Å²) in [5, 5.41) is 2.86. The third-order valence-electron chi connectivity index (χ3n) is 5.18. The summed E-state index contributed by atoms with van der Waals surface area (Å²) in [5.74, 6) is 0.215. The van der Waals surface area contributed by atoms with Gasteiger partial charge in [-0.3, -0.25) is 9.10 Å². The average Bonchev–Trinajstić information content (AvgIpc) is 2.63. The number of sulfonamides is 1. The molecule has 0 aliphatic heterocycles. The maximum absolute atomic E-state index is 12.5. The molecule has 1 N–H and O–H groups in total. The fourth-order valence-corrected chi connectivity index (χ4v) is 4.68. The zero-order valence-corrected chi connectivity index (χ0v) is 19.8. The molecule has 0 unspecified atom stereocenters. The minimum absolute atomic E-state index is 0.216. The average molecular weight is 431 g/mol. The molecular weight excluding hydrogens is 396 g/mol. The van der Waals surface area contributed by atoms with E-state index in [2.05, 4.69) is 43.4 Å². The number of aryl methyl sites for hydroxylation is 4. The smallest absolute Gasteiger partial charge is 0.240 e. The minimum atomic E-state index is -3.58. The van der Waals surface area contributed by atoms with Crippen LogP contribution in [-0.2, 0) is 21.2 Å². The van der Waals surface area contributed by atoms with Crippen molar-refractivity contribution in [1.29, 1.82) is 0 Å². The summed E-state index contributed by atoms with van der Waals surface area (Å²) in [5.41, 5.74) is 5.88. The summed E-state index contributed by atoms with van der Waals surface area (Å²) >= 11 is 0. The maximum Gasteiger partial charge on any atom is 0.240 e. The van der Waals surface area contributed by atoms with Crippen LogP contribution in [0.1, 0.15) is 54.0 Å². The van der Waals surface area contributed by atoms with Crippen LogP contribution in [0.25, 0.3) is 0 Å². The molecule has 0 fully saturated rings. The molecule has 164 valence electrons. The lowest BCUT2D eigenvalue weighted by Gasteiger charge is -2.26. The molecule has 0 radical (unpaired) electrons. The number of amides is 1. The van der Waals surface area contributed by atoms with Crippen molar-refractivity contribution in [3.8, 4) is 0 Å². The van der Waals surface area contributed by atoms with Crippen LogP contribution in [0.5, 0.6) is 0 Å². The second-order valence-corrected chi connectivity index (χ2v) is 10.3. The number of rotatable bonds is 9. The Morgan fingerprint density at radius 3 is 2.10 bits per heavy atom. The predicted octanol–water partition coefficient (Wildman–Crippen LogP) is 4.25. The molecule has 0 bridgehead atoms. The van der Waals surface area contributed by atoms with Crippen molar-refractivity contribution in [2.75, 3.05) is 23.7 Å². The van der Waals surface area contributed by atoms with Gasteiger partial charge in [0.1, 0.15) is 6.54 Å². The highest BCUT2D eigenvalue weighted by Gasteiger charge is 2.24. The van der Waals surface area contributed by atoms with Gasteiger partial charge in [0.05, 0.1) is 11.9 Å². The summed E-state index contributed by atoms with van der Waals surface area (Å²) < 4.78 is 26.0. The Hall–Kier alpha value is -2.34. The Labute approximate surface area is 181 Å². The molecular formula is C24H34N2O3S. The third-order valence-corrected chi connectivity index (χ3v) is 6.30. The summed E-state index contributed by atoms with van der Waals surface area (Å²) in [7, 11) is -3.58. The molecule has 1 amide bonds. The second-order valence-electron chi connectivity index (χ2n) is 8.37. The van der Waals surface area contributed by atoms with E-state index in [9.17, 15) is 13.2 Å². The molecule has 2 aromatic rings. The number of carbonyl (C=O) groups excluding carboxylic acids is 1. The molecule has 0 aromatic heterocycles. The zero-order valence-electron chi connectivity index (χ0n) is 19.0. The van der Waals surface area contributed by atoms with Gasteiger partial charge in [-0.2, -0.15) is 0 Å². The van der Waals surface area contributed by atoms with Crippen LogP contribution in [-0.4, -0.2) is 33.7 Å². The maximum atomic E-state index is 12.5. The molecule has 2 aromatic carbocycles.